The number of nitrogens with one attached hydrogen (secondary N) is 1. The van der Waals surface area contributed by atoms with Crippen LogP contribution in [0.3, 0.4) is 0 Å². The molecule has 0 aliphatic carbocycles. The Morgan fingerprint density at radius 3 is 2.68 bits per heavy atom. The van der Waals surface area contributed by atoms with Gasteiger partial charge in [0.2, 0.25) is 0 Å². The van der Waals surface area contributed by atoms with Crippen molar-refractivity contribution in [3.05, 3.63) is 35.1 Å². The molecule has 0 atom stereocenters. The van der Waals surface area contributed by atoms with Crippen molar-refractivity contribution in [2.45, 2.75) is 40.0 Å². The van der Waals surface area contributed by atoms with Gasteiger partial charge in [0.15, 0.2) is 0 Å². The molecular formula is C16H21FN2. The Balaban J connectivity index is 2.65. The molecule has 19 heavy (non-hydrogen) atoms. The SMILES string of the molecule is CCCNc1nc2c(F)ccc(C)c2cc1C(C)C. The van der Waals surface area contributed by atoms with Crippen molar-refractivity contribution in [2.24, 2.45) is 0 Å². The van der Waals surface area contributed by atoms with Crippen LogP contribution in [0.4, 0.5) is 10.2 Å². The molecule has 0 saturated carbocycles. The van der Waals surface area contributed by atoms with Crippen LogP contribution in [0.15, 0.2) is 18.2 Å². The molecule has 0 aliphatic heterocycles. The first-order valence-corrected chi connectivity index (χ1v) is 6.88. The number of benzene rings is 1. The van der Waals surface area contributed by atoms with Gasteiger partial charge in [0, 0.05) is 11.9 Å². The smallest absolute Gasteiger partial charge is 0.149 e. The summed E-state index contributed by atoms with van der Waals surface area (Å²) in [6.07, 6.45) is 1.02. The Hall–Kier alpha value is -1.64. The summed E-state index contributed by atoms with van der Waals surface area (Å²) in [7, 11) is 0. The summed E-state index contributed by atoms with van der Waals surface area (Å²) >= 11 is 0. The van der Waals surface area contributed by atoms with E-state index in [4.69, 9.17) is 0 Å². The third-order valence-corrected chi connectivity index (χ3v) is 3.35. The number of hydrogen-bond acceptors (Lipinski definition) is 2. The van der Waals surface area contributed by atoms with E-state index in [1.807, 2.05) is 13.0 Å². The molecule has 0 spiro atoms. The van der Waals surface area contributed by atoms with Crippen LogP contribution in [0.5, 0.6) is 0 Å². The van der Waals surface area contributed by atoms with E-state index in [1.165, 1.54) is 6.07 Å². The number of anilines is 1. The maximum Gasteiger partial charge on any atom is 0.149 e. The monoisotopic (exact) mass is 260 g/mol. The summed E-state index contributed by atoms with van der Waals surface area (Å²) in [5.74, 6) is 0.920. The lowest BCUT2D eigenvalue weighted by Gasteiger charge is -2.15. The largest absolute Gasteiger partial charge is 0.370 e. The summed E-state index contributed by atoms with van der Waals surface area (Å²) < 4.78 is 13.9. The normalized spacial score (nSPS) is 11.3. The van der Waals surface area contributed by atoms with E-state index in [2.05, 4.69) is 37.1 Å². The molecule has 0 fully saturated rings. The van der Waals surface area contributed by atoms with Gasteiger partial charge in [-0.1, -0.05) is 26.8 Å². The third-order valence-electron chi connectivity index (χ3n) is 3.35. The van der Waals surface area contributed by atoms with Crippen molar-refractivity contribution in [1.82, 2.24) is 4.98 Å². The Bertz CT molecular complexity index is 591. The first-order chi connectivity index (χ1) is 9.04. The summed E-state index contributed by atoms with van der Waals surface area (Å²) in [6, 6.07) is 5.37. The van der Waals surface area contributed by atoms with Gasteiger partial charge < -0.3 is 5.32 Å². The van der Waals surface area contributed by atoms with Gasteiger partial charge in [-0.25, -0.2) is 9.37 Å². The number of aromatic nitrogens is 1. The van der Waals surface area contributed by atoms with Crippen LogP contribution in [0.2, 0.25) is 0 Å². The zero-order valence-electron chi connectivity index (χ0n) is 12.0. The highest BCUT2D eigenvalue weighted by molar-refractivity contribution is 5.85. The van der Waals surface area contributed by atoms with Crippen LogP contribution < -0.4 is 5.32 Å². The van der Waals surface area contributed by atoms with Crippen molar-refractivity contribution in [2.75, 3.05) is 11.9 Å². The van der Waals surface area contributed by atoms with Crippen LogP contribution in [0, 0.1) is 12.7 Å². The third kappa shape index (κ3) is 2.70. The van der Waals surface area contributed by atoms with E-state index in [0.717, 1.165) is 35.3 Å². The minimum Gasteiger partial charge on any atom is -0.370 e. The number of pyridine rings is 1. The zero-order chi connectivity index (χ0) is 14.0. The predicted octanol–water partition coefficient (Wildman–Crippen LogP) is 4.63. The van der Waals surface area contributed by atoms with Crippen molar-refractivity contribution in [1.29, 1.82) is 0 Å². The molecule has 2 aromatic rings. The second-order valence-corrected chi connectivity index (χ2v) is 5.27. The first-order valence-electron chi connectivity index (χ1n) is 6.88. The van der Waals surface area contributed by atoms with E-state index in [-0.39, 0.29) is 5.82 Å². The van der Waals surface area contributed by atoms with Gasteiger partial charge in [-0.05, 0) is 42.5 Å². The molecule has 2 rings (SSSR count). The van der Waals surface area contributed by atoms with Gasteiger partial charge in [-0.15, -0.1) is 0 Å². The molecule has 1 aromatic heterocycles. The van der Waals surface area contributed by atoms with Crippen LogP contribution in [-0.2, 0) is 0 Å². The van der Waals surface area contributed by atoms with E-state index in [1.54, 1.807) is 0 Å². The van der Waals surface area contributed by atoms with Gasteiger partial charge in [0.25, 0.3) is 0 Å². The van der Waals surface area contributed by atoms with E-state index >= 15 is 0 Å². The quantitative estimate of drug-likeness (QED) is 0.867. The average molecular weight is 260 g/mol. The lowest BCUT2D eigenvalue weighted by Crippen LogP contribution is -2.07. The molecule has 1 N–H and O–H groups in total. The summed E-state index contributed by atoms with van der Waals surface area (Å²) in [6.45, 7) is 9.22. The molecule has 2 nitrogen and oxygen atoms in total. The van der Waals surface area contributed by atoms with E-state index in [0.29, 0.717) is 11.4 Å². The van der Waals surface area contributed by atoms with Crippen LogP contribution in [0.25, 0.3) is 10.9 Å². The van der Waals surface area contributed by atoms with Gasteiger partial charge in [-0.2, -0.15) is 0 Å². The molecule has 0 saturated heterocycles. The van der Waals surface area contributed by atoms with Gasteiger partial charge in [0.05, 0.1) is 0 Å². The molecule has 1 heterocycles. The minimum absolute atomic E-state index is 0.254. The standard InChI is InChI=1S/C16H21FN2/c1-5-8-18-16-12(10(2)3)9-13-11(4)6-7-14(17)15(13)19-16/h6-7,9-10H,5,8H2,1-4H3,(H,18,19). The molecule has 0 bridgehead atoms. The lowest BCUT2D eigenvalue weighted by molar-refractivity contribution is 0.636. The van der Waals surface area contributed by atoms with Crippen molar-refractivity contribution >= 4 is 16.7 Å². The molecule has 1 aromatic carbocycles. The fraction of sp³-hybridized carbons (Fsp3) is 0.438. The lowest BCUT2D eigenvalue weighted by atomic mass is 9.99. The first kappa shape index (κ1) is 13.8. The fourth-order valence-electron chi connectivity index (χ4n) is 2.20. The minimum atomic E-state index is -0.254. The molecule has 0 aliphatic rings. The Kier molecular flexibility index (Phi) is 4.03. The van der Waals surface area contributed by atoms with Crippen LogP contribution >= 0.6 is 0 Å². The highest BCUT2D eigenvalue weighted by Crippen LogP contribution is 2.29. The maximum atomic E-state index is 13.9. The molecule has 102 valence electrons. The Morgan fingerprint density at radius 1 is 1.32 bits per heavy atom. The number of rotatable bonds is 4. The van der Waals surface area contributed by atoms with Crippen molar-refractivity contribution in [3.8, 4) is 0 Å². The highest BCUT2D eigenvalue weighted by atomic mass is 19.1. The fourth-order valence-corrected chi connectivity index (χ4v) is 2.20. The molecule has 3 heteroatoms. The maximum absolute atomic E-state index is 13.9. The van der Waals surface area contributed by atoms with Gasteiger partial charge >= 0.3 is 0 Å². The topological polar surface area (TPSA) is 24.9 Å². The Labute approximate surface area is 114 Å². The number of nitrogens with zero attached hydrogens (tertiary/aromatic N) is 1. The molecule has 0 unspecified atom stereocenters. The highest BCUT2D eigenvalue weighted by Gasteiger charge is 2.13. The van der Waals surface area contributed by atoms with Crippen LogP contribution in [-0.4, -0.2) is 11.5 Å². The predicted molar refractivity (Wildman–Crippen MR) is 79.3 cm³/mol. The number of halogens is 1. The number of aryl methyl sites for hydroxylation is 1. The van der Waals surface area contributed by atoms with E-state index in [9.17, 15) is 4.39 Å². The van der Waals surface area contributed by atoms with Gasteiger partial charge in [-0.3, -0.25) is 0 Å². The Morgan fingerprint density at radius 2 is 2.05 bits per heavy atom. The van der Waals surface area contributed by atoms with Gasteiger partial charge in [0.1, 0.15) is 17.2 Å². The summed E-state index contributed by atoms with van der Waals surface area (Å²) in [4.78, 5) is 4.51. The molecular weight excluding hydrogens is 239 g/mol. The second kappa shape index (κ2) is 5.55. The number of fused-ring (bicyclic) bond motifs is 1. The van der Waals surface area contributed by atoms with E-state index < -0.39 is 0 Å². The molecule has 0 radical (unpaired) electrons. The molecule has 0 amide bonds. The van der Waals surface area contributed by atoms with Crippen molar-refractivity contribution in [3.63, 3.8) is 0 Å². The number of hydrogen-bond donors (Lipinski definition) is 1. The average Bonchev–Trinajstić information content (AvgIpc) is 2.39. The second-order valence-electron chi connectivity index (χ2n) is 5.27. The van der Waals surface area contributed by atoms with Crippen LogP contribution in [0.1, 0.15) is 44.2 Å². The summed E-state index contributed by atoms with van der Waals surface area (Å²) in [5.41, 5.74) is 2.67. The van der Waals surface area contributed by atoms with Crippen molar-refractivity contribution < 1.29 is 4.39 Å². The zero-order valence-corrected chi connectivity index (χ0v) is 12.0. The summed E-state index contributed by atoms with van der Waals surface area (Å²) in [5, 5.41) is 4.21.